The van der Waals surface area contributed by atoms with Crippen LogP contribution in [0.3, 0.4) is 0 Å². The largest absolute Gasteiger partial charge is 0.477 e. The number of aromatic nitrogens is 2. The average molecular weight is 166 g/mol. The van der Waals surface area contributed by atoms with Gasteiger partial charge in [-0.05, 0) is 0 Å². The summed E-state index contributed by atoms with van der Waals surface area (Å²) in [7, 11) is 0. The van der Waals surface area contributed by atoms with Crippen LogP contribution in [0, 0.1) is 0 Å². The van der Waals surface area contributed by atoms with Gasteiger partial charge < -0.3 is 9.84 Å². The summed E-state index contributed by atoms with van der Waals surface area (Å²) in [5.74, 6) is -0.624. The van der Waals surface area contributed by atoms with Crippen LogP contribution in [0.15, 0.2) is 6.33 Å². The highest BCUT2D eigenvalue weighted by atomic mass is 16.5. The molecule has 1 aliphatic rings. The van der Waals surface area contributed by atoms with Gasteiger partial charge in [0.1, 0.15) is 6.33 Å². The Morgan fingerprint density at radius 2 is 2.42 bits per heavy atom. The first-order valence-electron chi connectivity index (χ1n) is 3.49. The number of carboxylic acid groups (broad SMARTS) is 1. The Labute approximate surface area is 68.0 Å². The summed E-state index contributed by atoms with van der Waals surface area (Å²) in [5, 5.41) is 8.70. The van der Waals surface area contributed by atoms with Crippen molar-refractivity contribution in [3.8, 4) is 5.88 Å². The lowest BCUT2D eigenvalue weighted by molar-refractivity contribution is 0.0689. The maximum absolute atomic E-state index is 10.6. The standard InChI is InChI=1S/C7H6N2O3/c10-7(11)5-4-1-2-12-6(4)9-3-8-5/h3H,1-2H2,(H,10,11). The Balaban J connectivity index is 2.56. The molecule has 1 N–H and O–H groups in total. The van der Waals surface area contributed by atoms with Crippen LogP contribution in [0.25, 0.3) is 0 Å². The molecule has 12 heavy (non-hydrogen) atoms. The van der Waals surface area contributed by atoms with Crippen molar-refractivity contribution in [2.24, 2.45) is 0 Å². The van der Waals surface area contributed by atoms with Crippen molar-refractivity contribution >= 4 is 5.97 Å². The molecule has 0 saturated carbocycles. The molecule has 0 radical (unpaired) electrons. The van der Waals surface area contributed by atoms with Gasteiger partial charge in [-0.25, -0.2) is 14.8 Å². The highest BCUT2D eigenvalue weighted by Gasteiger charge is 2.21. The molecule has 1 aromatic heterocycles. The summed E-state index contributed by atoms with van der Waals surface area (Å²) in [6.07, 6.45) is 1.78. The van der Waals surface area contributed by atoms with Crippen LogP contribution in [-0.2, 0) is 6.42 Å². The molecule has 5 nitrogen and oxygen atoms in total. The maximum Gasteiger partial charge on any atom is 0.355 e. The van der Waals surface area contributed by atoms with E-state index in [0.717, 1.165) is 0 Å². The number of hydrogen-bond donors (Lipinski definition) is 1. The first-order chi connectivity index (χ1) is 5.79. The van der Waals surface area contributed by atoms with Gasteiger partial charge in [-0.1, -0.05) is 0 Å². The van der Waals surface area contributed by atoms with Gasteiger partial charge in [0, 0.05) is 6.42 Å². The van der Waals surface area contributed by atoms with Gasteiger partial charge >= 0.3 is 5.97 Å². The number of carboxylic acids is 1. The van der Waals surface area contributed by atoms with E-state index in [1.807, 2.05) is 0 Å². The lowest BCUT2D eigenvalue weighted by atomic mass is 10.2. The van der Waals surface area contributed by atoms with E-state index in [-0.39, 0.29) is 5.69 Å². The van der Waals surface area contributed by atoms with Crippen LogP contribution < -0.4 is 4.74 Å². The van der Waals surface area contributed by atoms with Gasteiger partial charge in [0.25, 0.3) is 0 Å². The van der Waals surface area contributed by atoms with Crippen LogP contribution in [-0.4, -0.2) is 27.7 Å². The molecule has 0 aromatic carbocycles. The predicted octanol–water partition coefficient (Wildman–Crippen LogP) is 0.110. The van der Waals surface area contributed by atoms with Gasteiger partial charge in [-0.3, -0.25) is 0 Å². The van der Waals surface area contributed by atoms with E-state index in [2.05, 4.69) is 9.97 Å². The summed E-state index contributed by atoms with van der Waals surface area (Å²) < 4.78 is 5.07. The second-order valence-corrected chi connectivity index (χ2v) is 2.41. The van der Waals surface area contributed by atoms with Crippen molar-refractivity contribution in [2.45, 2.75) is 6.42 Å². The van der Waals surface area contributed by atoms with Crippen molar-refractivity contribution in [3.63, 3.8) is 0 Å². The minimum Gasteiger partial charge on any atom is -0.477 e. The molecule has 0 saturated heterocycles. The van der Waals surface area contributed by atoms with Crippen LogP contribution in [0.1, 0.15) is 16.1 Å². The van der Waals surface area contributed by atoms with Crippen LogP contribution in [0.4, 0.5) is 0 Å². The molecule has 0 aliphatic carbocycles. The number of hydrogen-bond acceptors (Lipinski definition) is 4. The van der Waals surface area contributed by atoms with E-state index >= 15 is 0 Å². The number of carbonyl (C=O) groups is 1. The van der Waals surface area contributed by atoms with Crippen LogP contribution in [0.5, 0.6) is 5.88 Å². The van der Waals surface area contributed by atoms with E-state index in [9.17, 15) is 4.79 Å². The quantitative estimate of drug-likeness (QED) is 0.641. The zero-order chi connectivity index (χ0) is 8.55. The molecule has 0 bridgehead atoms. The molecule has 2 heterocycles. The lowest BCUT2D eigenvalue weighted by Crippen LogP contribution is -2.04. The number of rotatable bonds is 1. The molecular formula is C7H6N2O3. The van der Waals surface area contributed by atoms with Gasteiger partial charge in [0.2, 0.25) is 5.88 Å². The number of nitrogens with zero attached hydrogens (tertiary/aromatic N) is 2. The van der Waals surface area contributed by atoms with Crippen molar-refractivity contribution in [1.82, 2.24) is 9.97 Å². The Morgan fingerprint density at radius 1 is 1.58 bits per heavy atom. The van der Waals surface area contributed by atoms with E-state index in [4.69, 9.17) is 9.84 Å². The van der Waals surface area contributed by atoms with E-state index in [1.165, 1.54) is 6.33 Å². The van der Waals surface area contributed by atoms with Gasteiger partial charge in [0.15, 0.2) is 5.69 Å². The van der Waals surface area contributed by atoms with Crippen molar-refractivity contribution < 1.29 is 14.6 Å². The highest BCUT2D eigenvalue weighted by Crippen LogP contribution is 2.23. The molecule has 0 unspecified atom stereocenters. The van der Waals surface area contributed by atoms with Crippen molar-refractivity contribution in [2.75, 3.05) is 6.61 Å². The fraction of sp³-hybridized carbons (Fsp3) is 0.286. The minimum absolute atomic E-state index is 0.0532. The number of fused-ring (bicyclic) bond motifs is 1. The smallest absolute Gasteiger partial charge is 0.355 e. The Morgan fingerprint density at radius 3 is 3.17 bits per heavy atom. The minimum atomic E-state index is -1.03. The van der Waals surface area contributed by atoms with Gasteiger partial charge in [0.05, 0.1) is 12.2 Å². The third-order valence-corrected chi connectivity index (χ3v) is 1.70. The first-order valence-corrected chi connectivity index (χ1v) is 3.49. The summed E-state index contributed by atoms with van der Waals surface area (Å²) >= 11 is 0. The zero-order valence-electron chi connectivity index (χ0n) is 6.15. The Kier molecular flexibility index (Phi) is 1.43. The van der Waals surface area contributed by atoms with Gasteiger partial charge in [-0.2, -0.15) is 0 Å². The molecule has 1 aliphatic heterocycles. The molecule has 62 valence electrons. The molecule has 0 amide bonds. The highest BCUT2D eigenvalue weighted by molar-refractivity contribution is 5.87. The van der Waals surface area contributed by atoms with Crippen molar-refractivity contribution in [1.29, 1.82) is 0 Å². The fourth-order valence-corrected chi connectivity index (χ4v) is 1.18. The molecule has 0 atom stereocenters. The van der Waals surface area contributed by atoms with E-state index in [0.29, 0.717) is 24.5 Å². The lowest BCUT2D eigenvalue weighted by Gasteiger charge is -1.98. The summed E-state index contributed by atoms with van der Waals surface area (Å²) in [6.45, 7) is 0.494. The summed E-state index contributed by atoms with van der Waals surface area (Å²) in [5.41, 5.74) is 0.655. The fourth-order valence-electron chi connectivity index (χ4n) is 1.18. The van der Waals surface area contributed by atoms with Crippen LogP contribution >= 0.6 is 0 Å². The van der Waals surface area contributed by atoms with Crippen molar-refractivity contribution in [3.05, 3.63) is 17.6 Å². The summed E-state index contributed by atoms with van der Waals surface area (Å²) in [6, 6.07) is 0. The predicted molar refractivity (Wildman–Crippen MR) is 38.2 cm³/mol. The third-order valence-electron chi connectivity index (χ3n) is 1.70. The topological polar surface area (TPSA) is 72.3 Å². The molecule has 0 fully saturated rings. The zero-order valence-corrected chi connectivity index (χ0v) is 6.15. The molecule has 1 aromatic rings. The van der Waals surface area contributed by atoms with E-state index < -0.39 is 5.97 Å². The number of aromatic carboxylic acids is 1. The average Bonchev–Trinajstić information content (AvgIpc) is 2.49. The second-order valence-electron chi connectivity index (χ2n) is 2.41. The normalized spacial score (nSPS) is 13.7. The number of ether oxygens (including phenoxy) is 1. The van der Waals surface area contributed by atoms with E-state index in [1.54, 1.807) is 0 Å². The molecule has 0 spiro atoms. The SMILES string of the molecule is O=C(O)c1ncnc2c1CCO2. The Hall–Kier alpha value is -1.65. The third kappa shape index (κ3) is 0.903. The Bertz CT molecular complexity index is 337. The second kappa shape index (κ2) is 2.44. The monoisotopic (exact) mass is 166 g/mol. The molecule has 2 rings (SSSR count). The first kappa shape index (κ1) is 7.02. The molecule has 5 heteroatoms. The maximum atomic E-state index is 10.6. The van der Waals surface area contributed by atoms with Crippen LogP contribution in [0.2, 0.25) is 0 Å². The summed E-state index contributed by atoms with van der Waals surface area (Å²) in [4.78, 5) is 18.1. The molecular weight excluding hydrogens is 160 g/mol. The van der Waals surface area contributed by atoms with Gasteiger partial charge in [-0.15, -0.1) is 0 Å².